The van der Waals surface area contributed by atoms with Crippen molar-refractivity contribution in [2.45, 2.75) is 19.6 Å². The number of nitrogens with zero attached hydrogens (tertiary/aromatic N) is 1. The SMILES string of the molecule is CC1(C)OC(=O)C(=CNc2cc([N+](=O)[O-])ccc2I)C(=O)O1. The molecule has 1 aromatic carbocycles. The van der Waals surface area contributed by atoms with Gasteiger partial charge in [0.2, 0.25) is 0 Å². The van der Waals surface area contributed by atoms with Gasteiger partial charge in [0.25, 0.3) is 11.5 Å². The van der Waals surface area contributed by atoms with Crippen LogP contribution in [-0.2, 0) is 19.1 Å². The summed E-state index contributed by atoms with van der Waals surface area (Å²) in [5.41, 5.74) is -0.0504. The summed E-state index contributed by atoms with van der Waals surface area (Å²) in [6.07, 6.45) is 1.11. The third-order valence-electron chi connectivity index (χ3n) is 2.65. The third-order valence-corrected chi connectivity index (χ3v) is 3.59. The minimum Gasteiger partial charge on any atom is -0.419 e. The normalized spacial score (nSPS) is 16.6. The molecule has 9 heteroatoms. The number of cyclic esters (lactones) is 2. The van der Waals surface area contributed by atoms with Crippen LogP contribution in [0, 0.1) is 13.7 Å². The summed E-state index contributed by atoms with van der Waals surface area (Å²) in [5.74, 6) is -2.96. The number of anilines is 1. The fourth-order valence-electron chi connectivity index (χ4n) is 1.67. The fourth-order valence-corrected chi connectivity index (χ4v) is 2.16. The van der Waals surface area contributed by atoms with Crippen molar-refractivity contribution < 1.29 is 24.0 Å². The number of hydrogen-bond donors (Lipinski definition) is 1. The average Bonchev–Trinajstić information content (AvgIpc) is 2.38. The van der Waals surface area contributed by atoms with Crippen molar-refractivity contribution in [3.8, 4) is 0 Å². The third kappa shape index (κ3) is 3.53. The first kappa shape index (κ1) is 16.2. The van der Waals surface area contributed by atoms with Crippen LogP contribution < -0.4 is 5.32 Å². The maximum absolute atomic E-state index is 11.8. The fraction of sp³-hybridized carbons (Fsp3) is 0.231. The molecule has 1 N–H and O–H groups in total. The minimum absolute atomic E-state index is 0.115. The standard InChI is InChI=1S/C13H11IN2O6/c1-13(2)21-11(17)8(12(18)22-13)6-15-10-5-7(16(19)20)3-4-9(10)14/h3-6,15H,1-2H3. The Kier molecular flexibility index (Phi) is 4.35. The molecular weight excluding hydrogens is 407 g/mol. The Morgan fingerprint density at radius 1 is 1.27 bits per heavy atom. The molecule has 0 bridgehead atoms. The second-order valence-corrected chi connectivity index (χ2v) is 5.96. The molecule has 0 saturated carbocycles. The smallest absolute Gasteiger partial charge is 0.350 e. The van der Waals surface area contributed by atoms with Crippen molar-refractivity contribution in [3.63, 3.8) is 0 Å². The Morgan fingerprint density at radius 3 is 2.41 bits per heavy atom. The minimum atomic E-state index is -1.31. The van der Waals surface area contributed by atoms with Gasteiger partial charge in [-0.25, -0.2) is 9.59 Å². The van der Waals surface area contributed by atoms with Crippen LogP contribution >= 0.6 is 22.6 Å². The van der Waals surface area contributed by atoms with E-state index in [1.54, 1.807) is 6.07 Å². The number of benzene rings is 1. The van der Waals surface area contributed by atoms with E-state index in [1.807, 2.05) is 22.6 Å². The van der Waals surface area contributed by atoms with Gasteiger partial charge in [-0.05, 0) is 28.7 Å². The second kappa shape index (κ2) is 5.91. The maximum Gasteiger partial charge on any atom is 0.350 e. The molecule has 0 aromatic heterocycles. The quantitative estimate of drug-likeness (QED) is 0.201. The summed E-state index contributed by atoms with van der Waals surface area (Å²) in [7, 11) is 0. The Bertz CT molecular complexity index is 676. The lowest BCUT2D eigenvalue weighted by Gasteiger charge is -2.29. The molecule has 1 aromatic rings. The number of halogens is 1. The van der Waals surface area contributed by atoms with Crippen LogP contribution in [0.4, 0.5) is 11.4 Å². The Morgan fingerprint density at radius 2 is 1.86 bits per heavy atom. The van der Waals surface area contributed by atoms with Gasteiger partial charge in [-0.15, -0.1) is 0 Å². The maximum atomic E-state index is 11.8. The molecular formula is C13H11IN2O6. The Balaban J connectivity index is 2.25. The zero-order valence-electron chi connectivity index (χ0n) is 11.6. The van der Waals surface area contributed by atoms with Gasteiger partial charge >= 0.3 is 11.9 Å². The summed E-state index contributed by atoms with van der Waals surface area (Å²) in [6.45, 7) is 2.88. The molecule has 1 heterocycles. The zero-order chi connectivity index (χ0) is 16.5. The number of carbonyl (C=O) groups excluding carboxylic acids is 2. The molecule has 0 atom stereocenters. The highest BCUT2D eigenvalue weighted by Crippen LogP contribution is 2.26. The van der Waals surface area contributed by atoms with E-state index in [4.69, 9.17) is 9.47 Å². The number of rotatable bonds is 3. The van der Waals surface area contributed by atoms with Gasteiger partial charge in [-0.1, -0.05) is 0 Å². The lowest BCUT2D eigenvalue weighted by atomic mass is 10.2. The largest absolute Gasteiger partial charge is 0.419 e. The van der Waals surface area contributed by atoms with E-state index in [2.05, 4.69) is 5.32 Å². The summed E-state index contributed by atoms with van der Waals surface area (Å²) < 4.78 is 10.6. The lowest BCUT2D eigenvalue weighted by Crippen LogP contribution is -2.42. The molecule has 1 fully saturated rings. The van der Waals surface area contributed by atoms with E-state index in [9.17, 15) is 19.7 Å². The van der Waals surface area contributed by atoms with Crippen molar-refractivity contribution in [2.75, 3.05) is 5.32 Å². The molecule has 0 spiro atoms. The number of ether oxygens (including phenoxy) is 2. The van der Waals surface area contributed by atoms with Crippen LogP contribution in [0.15, 0.2) is 30.0 Å². The summed E-state index contributed by atoms with van der Waals surface area (Å²) in [4.78, 5) is 33.7. The number of nitrogens with one attached hydrogen (secondary N) is 1. The van der Waals surface area contributed by atoms with Crippen molar-refractivity contribution in [1.82, 2.24) is 0 Å². The van der Waals surface area contributed by atoms with Crippen LogP contribution in [0.2, 0.25) is 0 Å². The van der Waals surface area contributed by atoms with Gasteiger partial charge in [-0.3, -0.25) is 10.1 Å². The molecule has 1 saturated heterocycles. The monoisotopic (exact) mass is 418 g/mol. The molecule has 1 aliphatic heterocycles. The van der Waals surface area contributed by atoms with E-state index in [0.717, 1.165) is 6.20 Å². The first-order valence-corrected chi connectivity index (χ1v) is 7.15. The highest BCUT2D eigenvalue weighted by molar-refractivity contribution is 14.1. The summed E-state index contributed by atoms with van der Waals surface area (Å²) in [6, 6.07) is 4.19. The van der Waals surface area contributed by atoms with Gasteiger partial charge in [0, 0.05) is 35.8 Å². The Labute approximate surface area is 138 Å². The van der Waals surface area contributed by atoms with Gasteiger partial charge in [0.1, 0.15) is 0 Å². The van der Waals surface area contributed by atoms with Gasteiger partial charge in [-0.2, -0.15) is 0 Å². The van der Waals surface area contributed by atoms with E-state index in [1.165, 1.54) is 26.0 Å². The topological polar surface area (TPSA) is 108 Å². The number of carbonyl (C=O) groups is 2. The van der Waals surface area contributed by atoms with Crippen molar-refractivity contribution >= 4 is 45.9 Å². The van der Waals surface area contributed by atoms with Crippen molar-refractivity contribution in [1.29, 1.82) is 0 Å². The molecule has 8 nitrogen and oxygen atoms in total. The van der Waals surface area contributed by atoms with Crippen molar-refractivity contribution in [2.24, 2.45) is 0 Å². The molecule has 2 rings (SSSR count). The second-order valence-electron chi connectivity index (χ2n) is 4.80. The van der Waals surface area contributed by atoms with E-state index >= 15 is 0 Å². The number of hydrogen-bond acceptors (Lipinski definition) is 7. The predicted octanol–water partition coefficient (Wildman–Crippen LogP) is 2.33. The Hall–Kier alpha value is -2.17. The molecule has 0 unspecified atom stereocenters. The number of esters is 2. The highest BCUT2D eigenvalue weighted by Gasteiger charge is 2.38. The van der Waals surface area contributed by atoms with Gasteiger partial charge < -0.3 is 14.8 Å². The number of non-ortho nitro benzene ring substituents is 1. The van der Waals surface area contributed by atoms with Crippen LogP contribution in [0.5, 0.6) is 0 Å². The molecule has 116 valence electrons. The molecule has 0 aliphatic carbocycles. The van der Waals surface area contributed by atoms with Crippen molar-refractivity contribution in [3.05, 3.63) is 43.7 Å². The molecule has 0 radical (unpaired) electrons. The average molecular weight is 418 g/mol. The van der Waals surface area contributed by atoms with Crippen LogP contribution in [0.25, 0.3) is 0 Å². The van der Waals surface area contributed by atoms with Crippen LogP contribution in [0.1, 0.15) is 13.8 Å². The lowest BCUT2D eigenvalue weighted by molar-refractivity contribution is -0.384. The molecule has 1 aliphatic rings. The zero-order valence-corrected chi connectivity index (χ0v) is 13.7. The van der Waals surface area contributed by atoms with Gasteiger partial charge in [0.05, 0.1) is 10.6 Å². The number of nitro groups is 1. The number of nitro benzene ring substituents is 1. The van der Waals surface area contributed by atoms with Gasteiger partial charge in [0.15, 0.2) is 5.57 Å². The predicted molar refractivity (Wildman–Crippen MR) is 83.8 cm³/mol. The van der Waals surface area contributed by atoms with E-state index in [-0.39, 0.29) is 11.3 Å². The first-order chi connectivity index (χ1) is 10.2. The first-order valence-electron chi connectivity index (χ1n) is 6.07. The van der Waals surface area contributed by atoms with Crippen LogP contribution in [0.3, 0.4) is 0 Å². The molecule has 22 heavy (non-hydrogen) atoms. The van der Waals surface area contributed by atoms with E-state index < -0.39 is 22.6 Å². The van der Waals surface area contributed by atoms with Crippen LogP contribution in [-0.4, -0.2) is 22.6 Å². The summed E-state index contributed by atoms with van der Waals surface area (Å²) in [5, 5.41) is 13.4. The highest BCUT2D eigenvalue weighted by atomic mass is 127. The van der Waals surface area contributed by atoms with E-state index in [0.29, 0.717) is 9.26 Å². The summed E-state index contributed by atoms with van der Waals surface area (Å²) >= 11 is 1.96. The molecule has 0 amide bonds.